The van der Waals surface area contributed by atoms with E-state index < -0.39 is 5.97 Å². The highest BCUT2D eigenvalue weighted by molar-refractivity contribution is 5.93. The summed E-state index contributed by atoms with van der Waals surface area (Å²) in [6.07, 6.45) is 2.09. The largest absolute Gasteiger partial charge is 0.460 e. The van der Waals surface area contributed by atoms with E-state index in [0.29, 0.717) is 24.5 Å². The fraction of sp³-hybridized carbons (Fsp3) is 0.467. The Labute approximate surface area is 119 Å². The van der Waals surface area contributed by atoms with Crippen LogP contribution in [0.15, 0.2) is 24.3 Å². The van der Waals surface area contributed by atoms with Gasteiger partial charge in [0.2, 0.25) is 5.91 Å². The van der Waals surface area contributed by atoms with Gasteiger partial charge in [0.05, 0.1) is 12.2 Å². The third kappa shape index (κ3) is 6.33. The van der Waals surface area contributed by atoms with Gasteiger partial charge < -0.3 is 14.8 Å². The van der Waals surface area contributed by atoms with E-state index in [1.165, 1.54) is 6.92 Å². The average molecular weight is 279 g/mol. The van der Waals surface area contributed by atoms with E-state index in [0.717, 1.165) is 12.8 Å². The summed E-state index contributed by atoms with van der Waals surface area (Å²) in [6.45, 7) is 4.82. The van der Waals surface area contributed by atoms with Gasteiger partial charge in [-0.3, -0.25) is 4.79 Å². The summed E-state index contributed by atoms with van der Waals surface area (Å²) < 4.78 is 10.4. The number of anilines is 1. The first-order valence-corrected chi connectivity index (χ1v) is 6.76. The molecule has 1 rings (SSSR count). The molecule has 5 heteroatoms. The smallest absolute Gasteiger partial charge is 0.338 e. The number of benzene rings is 1. The molecular weight excluding hydrogens is 258 g/mol. The number of esters is 1. The number of rotatable bonds is 8. The summed E-state index contributed by atoms with van der Waals surface area (Å²) in [4.78, 5) is 22.7. The fourth-order valence-electron chi connectivity index (χ4n) is 1.55. The molecule has 0 aliphatic rings. The van der Waals surface area contributed by atoms with Crippen molar-refractivity contribution in [3.63, 3.8) is 0 Å². The highest BCUT2D eigenvalue weighted by Crippen LogP contribution is 2.11. The molecule has 0 unspecified atom stereocenters. The van der Waals surface area contributed by atoms with Crippen molar-refractivity contribution in [2.45, 2.75) is 26.7 Å². The van der Waals surface area contributed by atoms with Crippen molar-refractivity contribution >= 4 is 17.6 Å². The average Bonchev–Trinajstić information content (AvgIpc) is 2.42. The number of unbranched alkanes of at least 4 members (excludes halogenated alkanes) is 1. The van der Waals surface area contributed by atoms with Crippen molar-refractivity contribution in [1.29, 1.82) is 0 Å². The molecule has 0 aromatic heterocycles. The molecule has 0 aliphatic heterocycles. The first-order valence-electron chi connectivity index (χ1n) is 6.76. The number of hydrogen-bond donors (Lipinski definition) is 1. The Hall–Kier alpha value is -1.88. The van der Waals surface area contributed by atoms with E-state index in [2.05, 4.69) is 12.2 Å². The highest BCUT2D eigenvalue weighted by atomic mass is 16.6. The lowest BCUT2D eigenvalue weighted by Crippen LogP contribution is -2.12. The molecule has 0 fully saturated rings. The van der Waals surface area contributed by atoms with E-state index >= 15 is 0 Å². The quantitative estimate of drug-likeness (QED) is 0.587. The van der Waals surface area contributed by atoms with Crippen LogP contribution in [0.5, 0.6) is 0 Å². The van der Waals surface area contributed by atoms with Crippen LogP contribution in [-0.4, -0.2) is 31.7 Å². The maximum atomic E-state index is 11.8. The van der Waals surface area contributed by atoms with Crippen molar-refractivity contribution < 1.29 is 19.1 Å². The van der Waals surface area contributed by atoms with Crippen LogP contribution < -0.4 is 5.32 Å². The van der Waals surface area contributed by atoms with Gasteiger partial charge in [-0.25, -0.2) is 4.79 Å². The molecule has 0 heterocycles. The monoisotopic (exact) mass is 279 g/mol. The maximum Gasteiger partial charge on any atom is 0.338 e. The van der Waals surface area contributed by atoms with Crippen LogP contribution >= 0.6 is 0 Å². The molecule has 20 heavy (non-hydrogen) atoms. The molecule has 0 radical (unpaired) electrons. The number of carbonyl (C=O) groups is 2. The van der Waals surface area contributed by atoms with E-state index in [1.54, 1.807) is 24.3 Å². The molecule has 0 aliphatic carbocycles. The summed E-state index contributed by atoms with van der Waals surface area (Å²) in [6, 6.07) is 6.64. The van der Waals surface area contributed by atoms with Crippen LogP contribution in [-0.2, 0) is 14.3 Å². The summed E-state index contributed by atoms with van der Waals surface area (Å²) in [5, 5.41) is 2.62. The minimum atomic E-state index is -0.420. The molecule has 0 atom stereocenters. The summed E-state index contributed by atoms with van der Waals surface area (Å²) >= 11 is 0. The van der Waals surface area contributed by atoms with Gasteiger partial charge in [0.15, 0.2) is 0 Å². The minimum absolute atomic E-state index is 0.181. The lowest BCUT2D eigenvalue weighted by Gasteiger charge is -2.07. The second-order valence-electron chi connectivity index (χ2n) is 4.36. The van der Waals surface area contributed by atoms with Crippen LogP contribution in [0, 0.1) is 0 Å². The topological polar surface area (TPSA) is 64.6 Å². The molecule has 110 valence electrons. The van der Waals surface area contributed by atoms with Crippen LogP contribution in [0.1, 0.15) is 37.0 Å². The van der Waals surface area contributed by atoms with Gasteiger partial charge >= 0.3 is 5.97 Å². The predicted octanol–water partition coefficient (Wildman–Crippen LogP) is 2.62. The van der Waals surface area contributed by atoms with Crippen LogP contribution in [0.4, 0.5) is 5.69 Å². The third-order valence-corrected chi connectivity index (χ3v) is 2.52. The molecule has 0 saturated heterocycles. The third-order valence-electron chi connectivity index (χ3n) is 2.52. The molecule has 1 aromatic rings. The Bertz CT molecular complexity index is 445. The van der Waals surface area contributed by atoms with Gasteiger partial charge in [0.25, 0.3) is 0 Å². The van der Waals surface area contributed by atoms with Crippen LogP contribution in [0.3, 0.4) is 0 Å². The maximum absolute atomic E-state index is 11.8. The fourth-order valence-corrected chi connectivity index (χ4v) is 1.55. The lowest BCUT2D eigenvalue weighted by atomic mass is 10.2. The van der Waals surface area contributed by atoms with Gasteiger partial charge in [0, 0.05) is 19.2 Å². The zero-order valence-corrected chi connectivity index (χ0v) is 12.0. The highest BCUT2D eigenvalue weighted by Gasteiger charge is 2.08. The van der Waals surface area contributed by atoms with Gasteiger partial charge in [-0.1, -0.05) is 19.4 Å². The van der Waals surface area contributed by atoms with Crippen molar-refractivity contribution in [3.05, 3.63) is 29.8 Å². The lowest BCUT2D eigenvalue weighted by molar-refractivity contribution is -0.114. The first kappa shape index (κ1) is 16.2. The molecule has 0 bridgehead atoms. The predicted molar refractivity (Wildman–Crippen MR) is 76.8 cm³/mol. The first-order chi connectivity index (χ1) is 9.63. The van der Waals surface area contributed by atoms with Crippen molar-refractivity contribution in [2.24, 2.45) is 0 Å². The molecule has 1 aromatic carbocycles. The van der Waals surface area contributed by atoms with Gasteiger partial charge in [0.1, 0.15) is 6.61 Å². The zero-order chi connectivity index (χ0) is 14.8. The Morgan fingerprint density at radius 1 is 1.20 bits per heavy atom. The second-order valence-corrected chi connectivity index (χ2v) is 4.36. The number of hydrogen-bond acceptors (Lipinski definition) is 4. The van der Waals surface area contributed by atoms with E-state index in [4.69, 9.17) is 9.47 Å². The van der Waals surface area contributed by atoms with Gasteiger partial charge in [-0.05, 0) is 24.6 Å². The van der Waals surface area contributed by atoms with Crippen LogP contribution in [0.25, 0.3) is 0 Å². The molecule has 5 nitrogen and oxygen atoms in total. The van der Waals surface area contributed by atoms with Gasteiger partial charge in [-0.15, -0.1) is 0 Å². The van der Waals surface area contributed by atoms with E-state index in [9.17, 15) is 9.59 Å². The Morgan fingerprint density at radius 2 is 2.00 bits per heavy atom. The van der Waals surface area contributed by atoms with E-state index in [1.807, 2.05) is 0 Å². The Balaban J connectivity index is 2.37. The SMILES string of the molecule is CCCCOCCOC(=O)c1cccc(NC(C)=O)c1. The number of ether oxygens (including phenoxy) is 2. The summed E-state index contributed by atoms with van der Waals surface area (Å²) in [7, 11) is 0. The van der Waals surface area contributed by atoms with Crippen molar-refractivity contribution in [2.75, 3.05) is 25.1 Å². The molecule has 1 N–H and O–H groups in total. The Morgan fingerprint density at radius 3 is 2.70 bits per heavy atom. The number of amides is 1. The van der Waals surface area contributed by atoms with Gasteiger partial charge in [-0.2, -0.15) is 0 Å². The van der Waals surface area contributed by atoms with Crippen LogP contribution in [0.2, 0.25) is 0 Å². The molecule has 0 spiro atoms. The van der Waals surface area contributed by atoms with E-state index in [-0.39, 0.29) is 12.5 Å². The summed E-state index contributed by atoms with van der Waals surface area (Å²) in [5.41, 5.74) is 0.982. The minimum Gasteiger partial charge on any atom is -0.460 e. The normalized spacial score (nSPS) is 10.1. The molecular formula is C15H21NO4. The molecule has 1 amide bonds. The number of nitrogens with one attached hydrogen (secondary N) is 1. The second kappa shape index (κ2) is 9.09. The summed E-state index contributed by atoms with van der Waals surface area (Å²) in [5.74, 6) is -0.601. The van der Waals surface area contributed by atoms with Crippen molar-refractivity contribution in [3.8, 4) is 0 Å². The van der Waals surface area contributed by atoms with Crippen molar-refractivity contribution in [1.82, 2.24) is 0 Å². The standard InChI is InChI=1S/C15H21NO4/c1-3-4-8-19-9-10-20-15(18)13-6-5-7-14(11-13)16-12(2)17/h5-7,11H,3-4,8-10H2,1-2H3,(H,16,17). The zero-order valence-electron chi connectivity index (χ0n) is 12.0. The number of carbonyl (C=O) groups excluding carboxylic acids is 2. The molecule has 0 saturated carbocycles. The Kier molecular flexibility index (Phi) is 7.35.